The maximum Gasteiger partial charge on any atom is 0.373 e. The van der Waals surface area contributed by atoms with Crippen molar-refractivity contribution in [2.24, 2.45) is 0 Å². The van der Waals surface area contributed by atoms with Crippen LogP contribution in [0.15, 0.2) is 47.3 Å². The highest BCUT2D eigenvalue weighted by atomic mass is 32.1. The smallest absolute Gasteiger partial charge is 0.292 e. The molecule has 0 saturated heterocycles. The van der Waals surface area contributed by atoms with Gasteiger partial charge < -0.3 is 0 Å². The van der Waals surface area contributed by atoms with Crippen LogP contribution in [-0.2, 0) is 9.78 Å². The summed E-state index contributed by atoms with van der Waals surface area (Å²) >= 11 is 1.52. The summed E-state index contributed by atoms with van der Waals surface area (Å²) in [4.78, 5) is 34.9. The Balaban J connectivity index is 1.99. The maximum absolute atomic E-state index is 12.6. The third kappa shape index (κ3) is 3.18. The molecule has 124 valence electrons. The lowest BCUT2D eigenvalue weighted by molar-refractivity contribution is -0.307. The van der Waals surface area contributed by atoms with Crippen LogP contribution in [0.5, 0.6) is 0 Å². The van der Waals surface area contributed by atoms with Crippen molar-refractivity contribution in [3.05, 3.63) is 58.3 Å². The molecule has 0 aliphatic heterocycles. The molecule has 0 saturated carbocycles. The maximum atomic E-state index is 12.6. The van der Waals surface area contributed by atoms with E-state index in [1.54, 1.807) is 24.3 Å². The summed E-state index contributed by atoms with van der Waals surface area (Å²) in [7, 11) is 0. The molecule has 0 spiro atoms. The molecule has 0 amide bonds. The molecule has 5 heteroatoms. The van der Waals surface area contributed by atoms with Gasteiger partial charge in [-0.1, -0.05) is 19.1 Å². The summed E-state index contributed by atoms with van der Waals surface area (Å²) in [5.41, 5.74) is -0.327. The van der Waals surface area contributed by atoms with Gasteiger partial charge in [0.05, 0.1) is 5.56 Å². The highest BCUT2D eigenvalue weighted by Gasteiger charge is 2.20. The van der Waals surface area contributed by atoms with Crippen molar-refractivity contribution >= 4 is 37.5 Å². The Labute approximate surface area is 143 Å². The fourth-order valence-corrected chi connectivity index (χ4v) is 3.24. The molecular weight excluding hydrogens is 324 g/mol. The Bertz CT molecular complexity index is 972. The molecule has 0 aliphatic carbocycles. The zero-order chi connectivity index (χ0) is 17.3. The lowest BCUT2D eigenvalue weighted by Gasteiger charge is -2.20. The summed E-state index contributed by atoms with van der Waals surface area (Å²) in [6, 6.07) is 12.5. The van der Waals surface area contributed by atoms with Crippen LogP contribution in [0.1, 0.15) is 37.6 Å². The minimum Gasteiger partial charge on any atom is -0.292 e. The van der Waals surface area contributed by atoms with Gasteiger partial charge in [-0.15, -0.1) is 11.3 Å². The average molecular weight is 342 g/mol. The van der Waals surface area contributed by atoms with Crippen LogP contribution in [0, 0.1) is 0 Å². The summed E-state index contributed by atoms with van der Waals surface area (Å²) < 4.78 is 1.77. The molecule has 0 fully saturated rings. The second-order valence-electron chi connectivity index (χ2n) is 6.21. The first kappa shape index (κ1) is 16.6. The fraction of sp³-hybridized carbons (Fsp3) is 0.263. The number of carbonyl (C=O) groups is 1. The second-order valence-corrected chi connectivity index (χ2v) is 7.29. The summed E-state index contributed by atoms with van der Waals surface area (Å²) in [5.74, 6) is -0.601. The summed E-state index contributed by atoms with van der Waals surface area (Å²) in [5, 5.41) is 1.17. The van der Waals surface area contributed by atoms with Gasteiger partial charge in [0.25, 0.3) is 0 Å². The Morgan fingerprint density at radius 3 is 2.54 bits per heavy atom. The molecule has 0 aliphatic rings. The van der Waals surface area contributed by atoms with Gasteiger partial charge in [-0.3, -0.25) is 9.68 Å². The van der Waals surface area contributed by atoms with E-state index in [9.17, 15) is 9.59 Å². The predicted octanol–water partition coefficient (Wildman–Crippen LogP) is 4.69. The third-order valence-electron chi connectivity index (χ3n) is 4.01. The van der Waals surface area contributed by atoms with E-state index in [0.29, 0.717) is 22.8 Å². The van der Waals surface area contributed by atoms with Gasteiger partial charge in [0.1, 0.15) is 5.60 Å². The van der Waals surface area contributed by atoms with E-state index in [1.807, 2.05) is 39.0 Å². The molecule has 0 unspecified atom stereocenters. The van der Waals surface area contributed by atoms with Gasteiger partial charge in [0.2, 0.25) is 0 Å². The number of carbonyl (C=O) groups excluding carboxylic acids is 1. The average Bonchev–Trinajstić information content (AvgIpc) is 2.60. The largest absolute Gasteiger partial charge is 0.373 e. The molecule has 1 heterocycles. The first-order valence-electron chi connectivity index (χ1n) is 7.77. The van der Waals surface area contributed by atoms with E-state index in [0.717, 1.165) is 9.40 Å². The van der Waals surface area contributed by atoms with Crippen LogP contribution in [0.2, 0.25) is 0 Å². The highest BCUT2D eigenvalue weighted by Crippen LogP contribution is 2.25. The highest BCUT2D eigenvalue weighted by molar-refractivity contribution is 7.24. The standard InChI is InChI=1S/C19H18O4S/c1-4-19(2,3)23-22-18(21)12-9-10-16-14(11-12)17(20)13-7-5-6-8-15(13)24-16/h5-11H,4H2,1-3H3. The fourth-order valence-electron chi connectivity index (χ4n) is 2.19. The van der Waals surface area contributed by atoms with Crippen molar-refractivity contribution in [1.82, 2.24) is 0 Å². The molecule has 0 bridgehead atoms. The van der Waals surface area contributed by atoms with Crippen LogP contribution in [0.4, 0.5) is 0 Å². The zero-order valence-corrected chi connectivity index (χ0v) is 14.6. The first-order valence-corrected chi connectivity index (χ1v) is 8.58. The summed E-state index contributed by atoms with van der Waals surface area (Å²) in [6.07, 6.45) is 0.705. The quantitative estimate of drug-likeness (QED) is 0.392. The van der Waals surface area contributed by atoms with Gasteiger partial charge in [0.15, 0.2) is 5.43 Å². The van der Waals surface area contributed by atoms with Gasteiger partial charge in [-0.2, -0.15) is 4.89 Å². The molecule has 0 radical (unpaired) electrons. The number of fused-ring (bicyclic) bond motifs is 2. The molecule has 1 aromatic heterocycles. The van der Waals surface area contributed by atoms with Crippen molar-refractivity contribution < 1.29 is 14.6 Å². The molecule has 24 heavy (non-hydrogen) atoms. The SMILES string of the molecule is CCC(C)(C)OOC(=O)c1ccc2sc3ccccc3c(=O)c2c1. The van der Waals surface area contributed by atoms with Crippen LogP contribution in [-0.4, -0.2) is 11.6 Å². The monoisotopic (exact) mass is 342 g/mol. The van der Waals surface area contributed by atoms with E-state index in [2.05, 4.69) is 0 Å². The van der Waals surface area contributed by atoms with Crippen LogP contribution >= 0.6 is 11.3 Å². The Morgan fingerprint density at radius 2 is 1.79 bits per heavy atom. The topological polar surface area (TPSA) is 52.6 Å². The normalized spacial score (nSPS) is 11.8. The minimum atomic E-state index is -0.601. The second kappa shape index (κ2) is 6.34. The Morgan fingerprint density at radius 1 is 1.08 bits per heavy atom. The van der Waals surface area contributed by atoms with Gasteiger partial charge >= 0.3 is 5.97 Å². The lowest BCUT2D eigenvalue weighted by atomic mass is 10.1. The van der Waals surface area contributed by atoms with Crippen molar-refractivity contribution in [1.29, 1.82) is 0 Å². The number of hydrogen-bond donors (Lipinski definition) is 0. The van der Waals surface area contributed by atoms with E-state index < -0.39 is 11.6 Å². The predicted molar refractivity (Wildman–Crippen MR) is 96.5 cm³/mol. The summed E-state index contributed by atoms with van der Waals surface area (Å²) in [6.45, 7) is 5.62. The van der Waals surface area contributed by atoms with E-state index in [-0.39, 0.29) is 5.43 Å². The van der Waals surface area contributed by atoms with Gasteiger partial charge in [-0.05, 0) is 50.6 Å². The first-order chi connectivity index (χ1) is 11.4. The Kier molecular flexibility index (Phi) is 4.39. The number of rotatable bonds is 4. The minimum absolute atomic E-state index is 0.0798. The van der Waals surface area contributed by atoms with Crippen LogP contribution < -0.4 is 5.43 Å². The lowest BCUT2D eigenvalue weighted by Crippen LogP contribution is -2.25. The van der Waals surface area contributed by atoms with E-state index in [4.69, 9.17) is 9.78 Å². The molecule has 3 rings (SSSR count). The van der Waals surface area contributed by atoms with Crippen LogP contribution in [0.3, 0.4) is 0 Å². The van der Waals surface area contributed by atoms with E-state index in [1.165, 1.54) is 11.3 Å². The molecule has 3 aromatic rings. The molecular formula is C19H18O4S. The van der Waals surface area contributed by atoms with E-state index >= 15 is 0 Å². The Hall–Kier alpha value is -2.24. The third-order valence-corrected chi connectivity index (χ3v) is 5.16. The van der Waals surface area contributed by atoms with Crippen molar-refractivity contribution in [3.63, 3.8) is 0 Å². The van der Waals surface area contributed by atoms with Crippen molar-refractivity contribution in [2.45, 2.75) is 32.8 Å². The van der Waals surface area contributed by atoms with Crippen molar-refractivity contribution in [2.75, 3.05) is 0 Å². The van der Waals surface area contributed by atoms with Crippen molar-refractivity contribution in [3.8, 4) is 0 Å². The molecule has 4 nitrogen and oxygen atoms in total. The zero-order valence-electron chi connectivity index (χ0n) is 13.8. The molecule has 0 atom stereocenters. The molecule has 2 aromatic carbocycles. The molecule has 0 N–H and O–H groups in total. The van der Waals surface area contributed by atoms with Gasteiger partial charge in [0, 0.05) is 20.2 Å². The van der Waals surface area contributed by atoms with Gasteiger partial charge in [-0.25, -0.2) is 4.79 Å². The van der Waals surface area contributed by atoms with Crippen LogP contribution in [0.25, 0.3) is 20.2 Å². The number of hydrogen-bond acceptors (Lipinski definition) is 5. The number of benzene rings is 2.